The molecule has 0 saturated heterocycles. The monoisotopic (exact) mass is 200 g/mol. The molecule has 0 saturated carbocycles. The number of hydrogen-bond acceptors (Lipinski definition) is 3. The summed E-state index contributed by atoms with van der Waals surface area (Å²) < 4.78 is 29.2. The summed E-state index contributed by atoms with van der Waals surface area (Å²) in [5.74, 6) is -1.83. The predicted molar refractivity (Wildman–Crippen MR) is 43.0 cm³/mol. The van der Waals surface area contributed by atoms with Crippen molar-refractivity contribution >= 4 is 12.3 Å². The summed E-state index contributed by atoms with van der Waals surface area (Å²) in [6.45, 7) is 0. The fraction of sp³-hybridized carbons (Fsp3) is 0.111. The maximum atomic E-state index is 12.4. The summed E-state index contributed by atoms with van der Waals surface area (Å²) in [6.07, 6.45) is -2.48. The van der Waals surface area contributed by atoms with Crippen molar-refractivity contribution in [2.24, 2.45) is 0 Å². The van der Waals surface area contributed by atoms with Gasteiger partial charge >= 0.3 is 5.97 Å². The molecule has 1 rings (SSSR count). The van der Waals surface area contributed by atoms with Crippen molar-refractivity contribution in [3.8, 4) is 5.75 Å². The van der Waals surface area contributed by atoms with E-state index in [9.17, 15) is 18.4 Å². The lowest BCUT2D eigenvalue weighted by Gasteiger charge is -2.03. The Morgan fingerprint density at radius 1 is 1.36 bits per heavy atom. The van der Waals surface area contributed by atoms with Gasteiger partial charge in [0.1, 0.15) is 11.6 Å². The van der Waals surface area contributed by atoms with Gasteiger partial charge in [-0.05, 0) is 24.3 Å². The molecule has 74 valence electrons. The number of carbonyl (C=O) groups is 2. The van der Waals surface area contributed by atoms with Gasteiger partial charge in [-0.3, -0.25) is 4.79 Å². The molecular weight excluding hydrogens is 194 g/mol. The van der Waals surface area contributed by atoms with Crippen molar-refractivity contribution < 1.29 is 23.1 Å². The van der Waals surface area contributed by atoms with E-state index in [1.165, 1.54) is 0 Å². The molecule has 0 aliphatic rings. The van der Waals surface area contributed by atoms with Gasteiger partial charge < -0.3 is 4.74 Å². The SMILES string of the molecule is O=CC(F)C(=O)Oc1ccc(F)cc1. The topological polar surface area (TPSA) is 43.4 Å². The predicted octanol–water partition coefficient (Wildman–Crippen LogP) is 1.27. The molecule has 1 atom stereocenters. The quantitative estimate of drug-likeness (QED) is 0.319. The van der Waals surface area contributed by atoms with Gasteiger partial charge in [-0.25, -0.2) is 13.6 Å². The maximum Gasteiger partial charge on any atom is 0.353 e. The van der Waals surface area contributed by atoms with Crippen molar-refractivity contribution in [2.75, 3.05) is 0 Å². The molecule has 5 heteroatoms. The Bertz CT molecular complexity index is 334. The lowest BCUT2D eigenvalue weighted by atomic mass is 10.3. The van der Waals surface area contributed by atoms with Crippen LogP contribution in [0.15, 0.2) is 24.3 Å². The summed E-state index contributed by atoms with van der Waals surface area (Å²) in [6, 6.07) is 4.42. The Balaban J connectivity index is 2.65. The number of benzene rings is 1. The molecule has 0 fully saturated rings. The largest absolute Gasteiger partial charge is 0.424 e. The Morgan fingerprint density at radius 3 is 2.43 bits per heavy atom. The van der Waals surface area contributed by atoms with Crippen molar-refractivity contribution in [1.82, 2.24) is 0 Å². The second kappa shape index (κ2) is 4.45. The Hall–Kier alpha value is -1.78. The Labute approximate surface area is 78.3 Å². The number of hydrogen-bond donors (Lipinski definition) is 0. The average Bonchev–Trinajstić information content (AvgIpc) is 2.20. The van der Waals surface area contributed by atoms with Gasteiger partial charge in [0.15, 0.2) is 6.29 Å². The van der Waals surface area contributed by atoms with Crippen LogP contribution in [0.2, 0.25) is 0 Å². The minimum atomic E-state index is -2.31. The van der Waals surface area contributed by atoms with Crippen LogP contribution in [0.4, 0.5) is 8.78 Å². The molecule has 0 spiro atoms. The number of esters is 1. The molecule has 0 bridgehead atoms. The number of aldehydes is 1. The maximum absolute atomic E-state index is 12.4. The van der Waals surface area contributed by atoms with Gasteiger partial charge in [0.05, 0.1) is 0 Å². The minimum absolute atomic E-state index is 0.0131. The molecule has 1 aromatic carbocycles. The van der Waals surface area contributed by atoms with Gasteiger partial charge in [0.2, 0.25) is 0 Å². The number of rotatable bonds is 3. The van der Waals surface area contributed by atoms with Crippen molar-refractivity contribution in [3.05, 3.63) is 30.1 Å². The average molecular weight is 200 g/mol. The molecular formula is C9H6F2O3. The summed E-state index contributed by atoms with van der Waals surface area (Å²) >= 11 is 0. The third kappa shape index (κ3) is 2.62. The zero-order chi connectivity index (χ0) is 10.6. The Kier molecular flexibility index (Phi) is 3.28. The highest BCUT2D eigenvalue weighted by atomic mass is 19.1. The molecule has 14 heavy (non-hydrogen) atoms. The molecule has 0 heterocycles. The van der Waals surface area contributed by atoms with E-state index in [2.05, 4.69) is 4.74 Å². The normalized spacial score (nSPS) is 11.9. The van der Waals surface area contributed by atoms with E-state index in [1.807, 2.05) is 0 Å². The van der Waals surface area contributed by atoms with Crippen molar-refractivity contribution in [3.63, 3.8) is 0 Å². The molecule has 0 aromatic heterocycles. The molecule has 0 radical (unpaired) electrons. The van der Waals surface area contributed by atoms with E-state index in [4.69, 9.17) is 0 Å². The van der Waals surface area contributed by atoms with Crippen molar-refractivity contribution in [2.45, 2.75) is 6.17 Å². The lowest BCUT2D eigenvalue weighted by molar-refractivity contribution is -0.142. The first-order valence-corrected chi connectivity index (χ1v) is 3.70. The van der Waals surface area contributed by atoms with Gasteiger partial charge in [-0.2, -0.15) is 0 Å². The summed E-state index contributed by atoms with van der Waals surface area (Å²) in [7, 11) is 0. The molecule has 1 aromatic rings. The number of carbonyl (C=O) groups excluding carboxylic acids is 2. The standard InChI is InChI=1S/C9H6F2O3/c10-6-1-3-7(4-2-6)14-9(13)8(11)5-12/h1-5,8H. The summed E-state index contributed by atoms with van der Waals surface area (Å²) in [4.78, 5) is 20.6. The van der Waals surface area contributed by atoms with Crippen LogP contribution in [0.25, 0.3) is 0 Å². The van der Waals surface area contributed by atoms with Gasteiger partial charge in [0, 0.05) is 0 Å². The molecule has 3 nitrogen and oxygen atoms in total. The van der Waals surface area contributed by atoms with E-state index in [0.29, 0.717) is 0 Å². The lowest BCUT2D eigenvalue weighted by Crippen LogP contribution is -2.22. The fourth-order valence-corrected chi connectivity index (χ4v) is 0.731. The molecule has 1 unspecified atom stereocenters. The zero-order valence-electron chi connectivity index (χ0n) is 6.94. The van der Waals surface area contributed by atoms with Crippen LogP contribution in [0.5, 0.6) is 5.75 Å². The van der Waals surface area contributed by atoms with Crippen LogP contribution in [0.3, 0.4) is 0 Å². The van der Waals surface area contributed by atoms with Crippen molar-refractivity contribution in [1.29, 1.82) is 0 Å². The van der Waals surface area contributed by atoms with Crippen LogP contribution in [0, 0.1) is 5.82 Å². The van der Waals surface area contributed by atoms with E-state index in [-0.39, 0.29) is 12.0 Å². The first kappa shape index (κ1) is 10.3. The minimum Gasteiger partial charge on any atom is -0.424 e. The first-order chi connectivity index (χ1) is 6.63. The summed E-state index contributed by atoms with van der Waals surface area (Å²) in [5.41, 5.74) is 0. The highest BCUT2D eigenvalue weighted by molar-refractivity contribution is 5.91. The fourth-order valence-electron chi connectivity index (χ4n) is 0.731. The second-order valence-electron chi connectivity index (χ2n) is 2.41. The van der Waals surface area contributed by atoms with E-state index in [0.717, 1.165) is 24.3 Å². The highest BCUT2D eigenvalue weighted by Crippen LogP contribution is 2.11. The number of halogens is 2. The second-order valence-corrected chi connectivity index (χ2v) is 2.41. The molecule has 0 aliphatic heterocycles. The van der Waals surface area contributed by atoms with Crippen LogP contribution in [-0.2, 0) is 9.59 Å². The van der Waals surface area contributed by atoms with Gasteiger partial charge in [-0.1, -0.05) is 0 Å². The van der Waals surface area contributed by atoms with Crippen LogP contribution in [0.1, 0.15) is 0 Å². The van der Waals surface area contributed by atoms with Gasteiger partial charge in [-0.15, -0.1) is 0 Å². The number of ether oxygens (including phenoxy) is 1. The van der Waals surface area contributed by atoms with Crippen LogP contribution in [-0.4, -0.2) is 18.4 Å². The number of alkyl halides is 1. The first-order valence-electron chi connectivity index (χ1n) is 3.70. The third-order valence-corrected chi connectivity index (χ3v) is 1.38. The molecule has 0 amide bonds. The highest BCUT2D eigenvalue weighted by Gasteiger charge is 2.18. The van der Waals surface area contributed by atoms with E-state index >= 15 is 0 Å². The summed E-state index contributed by atoms with van der Waals surface area (Å²) in [5, 5.41) is 0. The van der Waals surface area contributed by atoms with E-state index < -0.39 is 18.0 Å². The molecule has 0 aliphatic carbocycles. The van der Waals surface area contributed by atoms with Gasteiger partial charge in [0.25, 0.3) is 6.17 Å². The smallest absolute Gasteiger partial charge is 0.353 e. The third-order valence-electron chi connectivity index (χ3n) is 1.38. The zero-order valence-corrected chi connectivity index (χ0v) is 6.94. The molecule has 0 N–H and O–H groups in total. The van der Waals surface area contributed by atoms with E-state index in [1.54, 1.807) is 0 Å². The van der Waals surface area contributed by atoms with Crippen LogP contribution < -0.4 is 4.74 Å². The van der Waals surface area contributed by atoms with Crippen LogP contribution >= 0.6 is 0 Å². The Morgan fingerprint density at radius 2 is 1.93 bits per heavy atom.